The highest BCUT2D eigenvalue weighted by molar-refractivity contribution is 5.77. The maximum Gasteiger partial charge on any atom is 0.223 e. The Morgan fingerprint density at radius 2 is 1.91 bits per heavy atom. The van der Waals surface area contributed by atoms with Crippen molar-refractivity contribution in [2.24, 2.45) is 0 Å². The number of benzene rings is 1. The Morgan fingerprint density at radius 1 is 1.22 bits per heavy atom. The van der Waals surface area contributed by atoms with E-state index in [-0.39, 0.29) is 12.3 Å². The lowest BCUT2D eigenvalue weighted by Crippen LogP contribution is -2.34. The van der Waals surface area contributed by atoms with Crippen molar-refractivity contribution in [2.45, 2.75) is 50.8 Å². The minimum atomic E-state index is -0.779. The van der Waals surface area contributed by atoms with E-state index in [0.717, 1.165) is 37.8 Å². The molecule has 1 aliphatic rings. The van der Waals surface area contributed by atoms with Crippen molar-refractivity contribution < 1.29 is 9.90 Å². The van der Waals surface area contributed by atoms with Crippen LogP contribution in [0.5, 0.6) is 0 Å². The number of carbonyl (C=O) groups excluding carboxylic acids is 1. The lowest BCUT2D eigenvalue weighted by atomic mass is 9.97. The molecule has 3 rings (SSSR count). The Bertz CT molecular complexity index is 629. The lowest BCUT2D eigenvalue weighted by molar-refractivity contribution is -0.126. The number of imidazole rings is 1. The van der Waals surface area contributed by atoms with Crippen molar-refractivity contribution in [3.8, 4) is 0 Å². The van der Waals surface area contributed by atoms with Crippen LogP contribution >= 0.6 is 0 Å². The number of hydrogen-bond donors (Lipinski definition) is 2. The third-order valence-corrected chi connectivity index (χ3v) is 4.46. The number of rotatable bonds is 6. The average molecular weight is 313 g/mol. The van der Waals surface area contributed by atoms with Gasteiger partial charge in [0, 0.05) is 25.5 Å². The SMILES string of the molecule is O=C(CC1(O)CCCC1)NCc1ccc(Cn2ccnc2)cc1. The van der Waals surface area contributed by atoms with Crippen LogP contribution in [0.25, 0.3) is 0 Å². The first kappa shape index (κ1) is 15.7. The highest BCUT2D eigenvalue weighted by Gasteiger charge is 2.33. The van der Waals surface area contributed by atoms with Gasteiger partial charge in [-0.05, 0) is 24.0 Å². The highest BCUT2D eigenvalue weighted by Crippen LogP contribution is 2.32. The molecule has 0 spiro atoms. The summed E-state index contributed by atoms with van der Waals surface area (Å²) >= 11 is 0. The molecule has 0 radical (unpaired) electrons. The summed E-state index contributed by atoms with van der Waals surface area (Å²) in [7, 11) is 0. The third kappa shape index (κ3) is 4.42. The van der Waals surface area contributed by atoms with Gasteiger partial charge in [-0.3, -0.25) is 4.79 Å². The van der Waals surface area contributed by atoms with Crippen LogP contribution in [0, 0.1) is 0 Å². The summed E-state index contributed by atoms with van der Waals surface area (Å²) in [5.74, 6) is -0.0723. The summed E-state index contributed by atoms with van der Waals surface area (Å²) in [6.07, 6.45) is 9.22. The van der Waals surface area contributed by atoms with Gasteiger partial charge in [0.05, 0.1) is 18.3 Å². The molecular formula is C18H23N3O2. The van der Waals surface area contributed by atoms with Crippen LogP contribution in [0.15, 0.2) is 43.0 Å². The molecule has 0 saturated heterocycles. The van der Waals surface area contributed by atoms with Gasteiger partial charge in [-0.1, -0.05) is 37.1 Å². The van der Waals surface area contributed by atoms with E-state index in [9.17, 15) is 9.90 Å². The first-order valence-corrected chi connectivity index (χ1v) is 8.16. The van der Waals surface area contributed by atoms with Crippen molar-refractivity contribution in [1.29, 1.82) is 0 Å². The third-order valence-electron chi connectivity index (χ3n) is 4.46. The van der Waals surface area contributed by atoms with Gasteiger partial charge in [-0.25, -0.2) is 4.98 Å². The summed E-state index contributed by atoms with van der Waals surface area (Å²) in [6.45, 7) is 1.29. The minimum absolute atomic E-state index is 0.0723. The van der Waals surface area contributed by atoms with Crippen LogP contribution in [0.1, 0.15) is 43.2 Å². The number of amides is 1. The molecule has 2 aromatic rings. The van der Waals surface area contributed by atoms with Crippen LogP contribution in [0.2, 0.25) is 0 Å². The monoisotopic (exact) mass is 313 g/mol. The largest absolute Gasteiger partial charge is 0.389 e. The fourth-order valence-corrected chi connectivity index (χ4v) is 3.13. The second-order valence-corrected chi connectivity index (χ2v) is 6.44. The molecule has 1 amide bonds. The Balaban J connectivity index is 1.47. The molecule has 0 unspecified atom stereocenters. The topological polar surface area (TPSA) is 67.2 Å². The van der Waals surface area contributed by atoms with Gasteiger partial charge in [0.15, 0.2) is 0 Å². The van der Waals surface area contributed by atoms with Crippen LogP contribution in [0.4, 0.5) is 0 Å². The summed E-state index contributed by atoms with van der Waals surface area (Å²) in [6, 6.07) is 8.17. The number of carbonyl (C=O) groups is 1. The number of aromatic nitrogens is 2. The summed E-state index contributed by atoms with van der Waals surface area (Å²) in [5.41, 5.74) is 1.48. The predicted octanol–water partition coefficient (Wildman–Crippen LogP) is 2.24. The average Bonchev–Trinajstić information content (AvgIpc) is 3.18. The Morgan fingerprint density at radius 3 is 2.57 bits per heavy atom. The lowest BCUT2D eigenvalue weighted by Gasteiger charge is -2.21. The zero-order chi connectivity index (χ0) is 16.1. The molecule has 122 valence electrons. The van der Waals surface area contributed by atoms with Crippen molar-refractivity contribution >= 4 is 5.91 Å². The first-order chi connectivity index (χ1) is 11.1. The molecule has 1 aliphatic carbocycles. The van der Waals surface area contributed by atoms with E-state index in [1.54, 1.807) is 12.5 Å². The quantitative estimate of drug-likeness (QED) is 0.859. The second kappa shape index (κ2) is 6.96. The van der Waals surface area contributed by atoms with Gasteiger partial charge in [0.1, 0.15) is 0 Å². The number of nitrogens with zero attached hydrogens (tertiary/aromatic N) is 2. The summed E-state index contributed by atoms with van der Waals surface area (Å²) in [4.78, 5) is 16.0. The minimum Gasteiger partial charge on any atom is -0.389 e. The van der Waals surface area contributed by atoms with Gasteiger partial charge in [0.25, 0.3) is 0 Å². The molecule has 1 aromatic heterocycles. The van der Waals surface area contributed by atoms with Gasteiger partial charge < -0.3 is 15.0 Å². The molecule has 1 saturated carbocycles. The molecule has 23 heavy (non-hydrogen) atoms. The molecule has 0 aliphatic heterocycles. The Hall–Kier alpha value is -2.14. The zero-order valence-electron chi connectivity index (χ0n) is 13.2. The van der Waals surface area contributed by atoms with E-state index in [0.29, 0.717) is 6.54 Å². The highest BCUT2D eigenvalue weighted by atomic mass is 16.3. The molecule has 5 nitrogen and oxygen atoms in total. The summed E-state index contributed by atoms with van der Waals surface area (Å²) < 4.78 is 2.01. The fraction of sp³-hybridized carbons (Fsp3) is 0.444. The molecule has 0 bridgehead atoms. The maximum atomic E-state index is 12.0. The van der Waals surface area contributed by atoms with E-state index in [1.807, 2.05) is 22.9 Å². The molecule has 0 atom stereocenters. The van der Waals surface area contributed by atoms with E-state index in [1.165, 1.54) is 5.56 Å². The van der Waals surface area contributed by atoms with Crippen LogP contribution < -0.4 is 5.32 Å². The van der Waals surface area contributed by atoms with Crippen molar-refractivity contribution in [2.75, 3.05) is 0 Å². The molecule has 1 heterocycles. The standard InChI is InChI=1S/C18H23N3O2/c22-17(11-18(23)7-1-2-8-18)20-12-15-3-5-16(6-4-15)13-21-10-9-19-14-21/h3-6,9-10,14,23H,1-2,7-8,11-13H2,(H,20,22). The van der Waals surface area contributed by atoms with Crippen LogP contribution in [-0.4, -0.2) is 26.2 Å². The molecular weight excluding hydrogens is 290 g/mol. The fourth-order valence-electron chi connectivity index (χ4n) is 3.13. The Labute approximate surface area is 136 Å². The normalized spacial score (nSPS) is 16.4. The molecule has 1 aromatic carbocycles. The van der Waals surface area contributed by atoms with Crippen molar-refractivity contribution in [3.63, 3.8) is 0 Å². The van der Waals surface area contributed by atoms with E-state index in [2.05, 4.69) is 22.4 Å². The molecule has 5 heteroatoms. The van der Waals surface area contributed by atoms with Gasteiger partial charge in [-0.2, -0.15) is 0 Å². The molecule has 1 fully saturated rings. The van der Waals surface area contributed by atoms with E-state index < -0.39 is 5.60 Å². The van der Waals surface area contributed by atoms with Crippen LogP contribution in [0.3, 0.4) is 0 Å². The van der Waals surface area contributed by atoms with Crippen molar-refractivity contribution in [3.05, 3.63) is 54.1 Å². The second-order valence-electron chi connectivity index (χ2n) is 6.44. The van der Waals surface area contributed by atoms with Gasteiger partial charge in [0.2, 0.25) is 5.91 Å². The number of nitrogens with one attached hydrogen (secondary N) is 1. The number of aliphatic hydroxyl groups is 1. The molecule has 2 N–H and O–H groups in total. The Kier molecular flexibility index (Phi) is 4.76. The smallest absolute Gasteiger partial charge is 0.223 e. The van der Waals surface area contributed by atoms with E-state index in [4.69, 9.17) is 0 Å². The van der Waals surface area contributed by atoms with Gasteiger partial charge >= 0.3 is 0 Å². The number of hydrogen-bond acceptors (Lipinski definition) is 3. The van der Waals surface area contributed by atoms with Crippen LogP contribution in [-0.2, 0) is 17.9 Å². The summed E-state index contributed by atoms with van der Waals surface area (Å²) in [5, 5.41) is 13.2. The van der Waals surface area contributed by atoms with E-state index >= 15 is 0 Å². The van der Waals surface area contributed by atoms with Gasteiger partial charge in [-0.15, -0.1) is 0 Å². The van der Waals surface area contributed by atoms with Crippen molar-refractivity contribution in [1.82, 2.24) is 14.9 Å². The maximum absolute atomic E-state index is 12.0. The first-order valence-electron chi connectivity index (χ1n) is 8.16. The predicted molar refractivity (Wildman–Crippen MR) is 87.7 cm³/mol. The zero-order valence-corrected chi connectivity index (χ0v) is 13.2.